The molecule has 0 unspecified atom stereocenters. The number of pyridine rings is 1. The minimum Gasteiger partial charge on any atom is -0.369 e. The minimum atomic E-state index is 0.143. The molecule has 23 heavy (non-hydrogen) atoms. The summed E-state index contributed by atoms with van der Waals surface area (Å²) in [6, 6.07) is 0. The first-order valence-electron chi connectivity index (χ1n) is 7.86. The average Bonchev–Trinajstić information content (AvgIpc) is 2.44. The Morgan fingerprint density at radius 2 is 1.78 bits per heavy atom. The highest BCUT2D eigenvalue weighted by atomic mass is 35.5. The topological polar surface area (TPSA) is 24.9 Å². The van der Waals surface area contributed by atoms with Gasteiger partial charge in [0, 0.05) is 12.1 Å². The molecule has 0 spiro atoms. The van der Waals surface area contributed by atoms with Gasteiger partial charge in [-0.1, -0.05) is 67.2 Å². The van der Waals surface area contributed by atoms with E-state index >= 15 is 0 Å². The van der Waals surface area contributed by atoms with E-state index in [-0.39, 0.29) is 5.41 Å². The summed E-state index contributed by atoms with van der Waals surface area (Å²) >= 11 is 19.1. The smallest absolute Gasteiger partial charge is 0.147 e. The van der Waals surface area contributed by atoms with Crippen LogP contribution in [0.3, 0.4) is 0 Å². The molecule has 0 aliphatic heterocycles. The Morgan fingerprint density at radius 1 is 1.13 bits per heavy atom. The van der Waals surface area contributed by atoms with Crippen LogP contribution in [0.25, 0.3) is 5.57 Å². The summed E-state index contributed by atoms with van der Waals surface area (Å²) in [6.45, 7) is 11.6. The SMILES string of the molecule is CCCNc1nc(C2=C(C)CC(C)(C)C=C2C)c(Cl)c(Cl)c1Cl. The molecule has 0 atom stereocenters. The second kappa shape index (κ2) is 7.04. The van der Waals surface area contributed by atoms with Crippen molar-refractivity contribution < 1.29 is 0 Å². The van der Waals surface area contributed by atoms with Gasteiger partial charge in [0.05, 0.1) is 15.7 Å². The summed E-state index contributed by atoms with van der Waals surface area (Å²) in [6.07, 6.45) is 4.22. The van der Waals surface area contributed by atoms with E-state index in [1.54, 1.807) is 0 Å². The van der Waals surface area contributed by atoms with Crippen LogP contribution in [0, 0.1) is 5.41 Å². The maximum atomic E-state index is 6.47. The van der Waals surface area contributed by atoms with E-state index in [1.165, 1.54) is 11.1 Å². The lowest BCUT2D eigenvalue weighted by molar-refractivity contribution is 0.468. The maximum absolute atomic E-state index is 6.47. The lowest BCUT2D eigenvalue weighted by Crippen LogP contribution is -2.15. The molecule has 1 aliphatic rings. The van der Waals surface area contributed by atoms with E-state index in [0.717, 1.165) is 25.0 Å². The molecule has 1 heterocycles. The fourth-order valence-electron chi connectivity index (χ4n) is 3.25. The second-order valence-electron chi connectivity index (χ2n) is 6.83. The Labute approximate surface area is 153 Å². The van der Waals surface area contributed by atoms with Crippen molar-refractivity contribution >= 4 is 46.2 Å². The largest absolute Gasteiger partial charge is 0.369 e. The van der Waals surface area contributed by atoms with Crippen molar-refractivity contribution in [2.24, 2.45) is 5.41 Å². The van der Waals surface area contributed by atoms with Crippen molar-refractivity contribution in [2.75, 3.05) is 11.9 Å². The molecular weight excluding hydrogens is 351 g/mol. The van der Waals surface area contributed by atoms with Gasteiger partial charge < -0.3 is 5.32 Å². The van der Waals surface area contributed by atoms with Gasteiger partial charge in [-0.05, 0) is 37.7 Å². The van der Waals surface area contributed by atoms with Crippen LogP contribution in [0.15, 0.2) is 17.2 Å². The normalized spacial score (nSPS) is 17.3. The molecular formula is C18H23Cl3N2. The molecule has 126 valence electrons. The number of halogens is 3. The van der Waals surface area contributed by atoms with E-state index in [1.807, 2.05) is 0 Å². The van der Waals surface area contributed by atoms with Crippen LogP contribution in [0.2, 0.25) is 15.1 Å². The van der Waals surface area contributed by atoms with Crippen LogP contribution < -0.4 is 5.32 Å². The fraction of sp³-hybridized carbons (Fsp3) is 0.500. The molecule has 1 N–H and O–H groups in total. The van der Waals surface area contributed by atoms with Gasteiger partial charge in [-0.25, -0.2) is 4.98 Å². The monoisotopic (exact) mass is 372 g/mol. The van der Waals surface area contributed by atoms with E-state index < -0.39 is 0 Å². The first-order chi connectivity index (χ1) is 10.7. The number of nitrogens with one attached hydrogen (secondary N) is 1. The Kier molecular flexibility index (Phi) is 5.71. The van der Waals surface area contributed by atoms with Gasteiger partial charge in [0.25, 0.3) is 0 Å². The lowest BCUT2D eigenvalue weighted by atomic mass is 9.76. The molecule has 2 rings (SSSR count). The average molecular weight is 374 g/mol. The number of aromatic nitrogens is 1. The molecule has 0 fully saturated rings. The van der Waals surface area contributed by atoms with Crippen molar-refractivity contribution in [3.05, 3.63) is 38.0 Å². The van der Waals surface area contributed by atoms with Crippen LogP contribution in [0.5, 0.6) is 0 Å². The van der Waals surface area contributed by atoms with Crippen molar-refractivity contribution in [3.63, 3.8) is 0 Å². The summed E-state index contributed by atoms with van der Waals surface area (Å²) in [5.74, 6) is 0.593. The quantitative estimate of drug-likeness (QED) is 0.613. The van der Waals surface area contributed by atoms with Crippen LogP contribution in [-0.4, -0.2) is 11.5 Å². The number of anilines is 1. The van der Waals surface area contributed by atoms with Crippen molar-refractivity contribution in [3.8, 4) is 0 Å². The second-order valence-corrected chi connectivity index (χ2v) is 7.96. The molecule has 1 aromatic rings. The molecule has 2 nitrogen and oxygen atoms in total. The molecule has 5 heteroatoms. The number of allylic oxidation sites excluding steroid dienone is 4. The number of hydrogen-bond donors (Lipinski definition) is 1. The zero-order valence-corrected chi connectivity index (χ0v) is 16.5. The summed E-state index contributed by atoms with van der Waals surface area (Å²) in [5, 5.41) is 4.38. The highest BCUT2D eigenvalue weighted by Crippen LogP contribution is 2.45. The number of rotatable bonds is 4. The minimum absolute atomic E-state index is 0.143. The van der Waals surface area contributed by atoms with Gasteiger partial charge >= 0.3 is 0 Å². The summed E-state index contributed by atoms with van der Waals surface area (Å²) < 4.78 is 0. The van der Waals surface area contributed by atoms with Gasteiger partial charge in [-0.15, -0.1) is 0 Å². The predicted molar refractivity (Wildman–Crippen MR) is 103 cm³/mol. The van der Waals surface area contributed by atoms with Gasteiger partial charge in [0.15, 0.2) is 0 Å². The third-order valence-corrected chi connectivity index (χ3v) is 5.26. The molecule has 0 saturated heterocycles. The van der Waals surface area contributed by atoms with Gasteiger partial charge in [0.1, 0.15) is 10.8 Å². The Morgan fingerprint density at radius 3 is 2.35 bits per heavy atom. The third-order valence-electron chi connectivity index (χ3n) is 3.95. The molecule has 1 aliphatic carbocycles. The molecule has 0 aromatic carbocycles. The molecule has 0 amide bonds. The summed E-state index contributed by atoms with van der Waals surface area (Å²) in [7, 11) is 0. The van der Waals surface area contributed by atoms with Gasteiger partial charge in [-0.3, -0.25) is 0 Å². The predicted octanol–water partition coefficient (Wildman–Crippen LogP) is 7.01. The lowest BCUT2D eigenvalue weighted by Gasteiger charge is -2.30. The van der Waals surface area contributed by atoms with E-state index in [0.29, 0.717) is 26.6 Å². The Balaban J connectivity index is 2.60. The van der Waals surface area contributed by atoms with Gasteiger partial charge in [0.2, 0.25) is 0 Å². The zero-order valence-electron chi connectivity index (χ0n) is 14.3. The van der Waals surface area contributed by atoms with E-state index in [9.17, 15) is 0 Å². The van der Waals surface area contributed by atoms with E-state index in [2.05, 4.69) is 51.0 Å². The standard InChI is InChI=1S/C18H23Cl3N2/c1-6-7-22-17-15(21)13(19)14(20)16(23-17)12-10(2)8-18(4,5)9-11(12)3/h8H,6-7,9H2,1-5H3,(H,22,23). The van der Waals surface area contributed by atoms with E-state index in [4.69, 9.17) is 34.8 Å². The number of hydrogen-bond acceptors (Lipinski definition) is 2. The van der Waals surface area contributed by atoms with Crippen LogP contribution >= 0.6 is 34.8 Å². The number of nitrogens with zero attached hydrogens (tertiary/aromatic N) is 1. The molecule has 0 saturated carbocycles. The summed E-state index contributed by atoms with van der Waals surface area (Å²) in [4.78, 5) is 4.68. The maximum Gasteiger partial charge on any atom is 0.147 e. The third kappa shape index (κ3) is 3.87. The zero-order chi connectivity index (χ0) is 17.4. The first kappa shape index (κ1) is 18.6. The van der Waals surface area contributed by atoms with Crippen molar-refractivity contribution in [1.29, 1.82) is 0 Å². The highest BCUT2D eigenvalue weighted by Gasteiger charge is 2.27. The fourth-order valence-corrected chi connectivity index (χ4v) is 3.91. The highest BCUT2D eigenvalue weighted by molar-refractivity contribution is 6.49. The van der Waals surface area contributed by atoms with Crippen LogP contribution in [0.4, 0.5) is 5.82 Å². The Bertz CT molecular complexity index is 688. The van der Waals surface area contributed by atoms with Crippen molar-refractivity contribution in [2.45, 2.75) is 47.5 Å². The Hall–Kier alpha value is -0.700. The molecule has 1 aromatic heterocycles. The first-order valence-corrected chi connectivity index (χ1v) is 8.99. The molecule has 0 bridgehead atoms. The van der Waals surface area contributed by atoms with Crippen LogP contribution in [-0.2, 0) is 0 Å². The summed E-state index contributed by atoms with van der Waals surface area (Å²) in [5.41, 5.74) is 4.37. The van der Waals surface area contributed by atoms with Crippen molar-refractivity contribution in [1.82, 2.24) is 4.98 Å². The molecule has 0 radical (unpaired) electrons. The van der Waals surface area contributed by atoms with Gasteiger partial charge in [-0.2, -0.15) is 0 Å². The van der Waals surface area contributed by atoms with Crippen LogP contribution in [0.1, 0.15) is 53.2 Å².